The molecule has 1 heteroatoms. The van der Waals surface area contributed by atoms with E-state index in [4.69, 9.17) is 0 Å². The molecular formula is C9H13P. The van der Waals surface area contributed by atoms with Crippen molar-refractivity contribution in [2.75, 3.05) is 0 Å². The molecule has 1 heterocycles. The highest BCUT2D eigenvalue weighted by molar-refractivity contribution is 7.28. The molecule has 0 N–H and O–H groups in total. The van der Waals surface area contributed by atoms with Crippen LogP contribution in [0.4, 0.5) is 0 Å². The van der Waals surface area contributed by atoms with E-state index in [-0.39, 0.29) is 0 Å². The average Bonchev–Trinajstić information content (AvgIpc) is 2.03. The minimum absolute atomic E-state index is 1.26. The summed E-state index contributed by atoms with van der Waals surface area (Å²) in [6, 6.07) is 4.36. The van der Waals surface area contributed by atoms with Gasteiger partial charge in [0.25, 0.3) is 0 Å². The molecule has 54 valence electrons. The first-order valence-corrected chi connectivity index (χ1v) is 4.85. The van der Waals surface area contributed by atoms with Gasteiger partial charge in [-0.1, -0.05) is 33.7 Å². The van der Waals surface area contributed by atoms with Crippen molar-refractivity contribution in [3.63, 3.8) is 0 Å². The number of unbranched alkanes of at least 4 members (excludes halogenated alkanes) is 1. The second-order valence-electron chi connectivity index (χ2n) is 2.46. The van der Waals surface area contributed by atoms with Crippen LogP contribution in [0.2, 0.25) is 0 Å². The lowest BCUT2D eigenvalue weighted by Crippen LogP contribution is -1.80. The second-order valence-corrected chi connectivity index (χ2v) is 3.32. The summed E-state index contributed by atoms with van der Waals surface area (Å²) in [5, 5.41) is 0. The zero-order valence-corrected chi connectivity index (χ0v) is 7.27. The average molecular weight is 152 g/mol. The third-order valence-electron chi connectivity index (χ3n) is 1.54. The Kier molecular flexibility index (Phi) is 3.46. The zero-order valence-electron chi connectivity index (χ0n) is 6.38. The van der Waals surface area contributed by atoms with Gasteiger partial charge in [0.05, 0.1) is 0 Å². The summed E-state index contributed by atoms with van der Waals surface area (Å²) < 4.78 is 0. The Labute approximate surface area is 64.4 Å². The molecule has 0 bridgehead atoms. The summed E-state index contributed by atoms with van der Waals surface area (Å²) in [6.45, 7) is 2.23. The van der Waals surface area contributed by atoms with Crippen LogP contribution in [0.15, 0.2) is 23.7 Å². The van der Waals surface area contributed by atoms with Crippen molar-refractivity contribution < 1.29 is 0 Å². The zero-order chi connectivity index (χ0) is 7.23. The van der Waals surface area contributed by atoms with Crippen LogP contribution >= 0.6 is 8.19 Å². The minimum atomic E-state index is 1.26. The van der Waals surface area contributed by atoms with Crippen molar-refractivity contribution in [3.8, 4) is 0 Å². The molecule has 0 unspecified atom stereocenters. The molecule has 0 atom stereocenters. The summed E-state index contributed by atoms with van der Waals surface area (Å²) in [6.07, 6.45) is 3.88. The Hall–Kier alpha value is -0.350. The van der Waals surface area contributed by atoms with Crippen LogP contribution in [0.1, 0.15) is 25.3 Å². The van der Waals surface area contributed by atoms with E-state index >= 15 is 0 Å². The molecule has 1 aromatic rings. The smallest absolute Gasteiger partial charge is 0.0276 e. The molecule has 0 aliphatic carbocycles. The van der Waals surface area contributed by atoms with Crippen molar-refractivity contribution in [1.29, 1.82) is 0 Å². The monoisotopic (exact) mass is 152 g/mol. The number of hydrogen-bond donors (Lipinski definition) is 0. The fourth-order valence-electron chi connectivity index (χ4n) is 0.927. The van der Waals surface area contributed by atoms with Gasteiger partial charge in [0.15, 0.2) is 0 Å². The highest BCUT2D eigenvalue weighted by Gasteiger charge is 1.87. The van der Waals surface area contributed by atoms with Gasteiger partial charge in [-0.05, 0) is 30.0 Å². The van der Waals surface area contributed by atoms with Gasteiger partial charge in [-0.15, -0.1) is 0 Å². The summed E-state index contributed by atoms with van der Waals surface area (Å²) in [7, 11) is 1.35. The van der Waals surface area contributed by atoms with Crippen LogP contribution in [0.5, 0.6) is 0 Å². The van der Waals surface area contributed by atoms with Gasteiger partial charge in [-0.2, -0.15) is 0 Å². The Balaban J connectivity index is 2.43. The fraction of sp³-hybridized carbons (Fsp3) is 0.444. The topological polar surface area (TPSA) is 0 Å². The van der Waals surface area contributed by atoms with Gasteiger partial charge in [0, 0.05) is 0 Å². The Morgan fingerprint density at radius 3 is 3.00 bits per heavy atom. The summed E-state index contributed by atoms with van der Waals surface area (Å²) in [5.74, 6) is 4.45. The maximum atomic E-state index is 2.29. The van der Waals surface area contributed by atoms with E-state index in [0.717, 1.165) is 0 Å². The molecule has 0 radical (unpaired) electrons. The van der Waals surface area contributed by atoms with Crippen molar-refractivity contribution >= 4 is 8.19 Å². The van der Waals surface area contributed by atoms with Crippen molar-refractivity contribution in [2.45, 2.75) is 26.2 Å². The quantitative estimate of drug-likeness (QED) is 0.620. The van der Waals surface area contributed by atoms with Crippen LogP contribution in [0.3, 0.4) is 0 Å². The normalized spacial score (nSPS) is 10.5. The fourth-order valence-corrected chi connectivity index (χ4v) is 1.61. The predicted octanol–water partition coefficient (Wildman–Crippen LogP) is 3.61. The summed E-state index contributed by atoms with van der Waals surface area (Å²) in [5.41, 5.74) is 1.51. The van der Waals surface area contributed by atoms with Gasteiger partial charge < -0.3 is 0 Å². The molecule has 1 aromatic heterocycles. The van der Waals surface area contributed by atoms with E-state index in [0.29, 0.717) is 0 Å². The molecule has 10 heavy (non-hydrogen) atoms. The van der Waals surface area contributed by atoms with Gasteiger partial charge in [0.2, 0.25) is 0 Å². The van der Waals surface area contributed by atoms with Crippen LogP contribution in [-0.2, 0) is 6.42 Å². The molecule has 0 amide bonds. The van der Waals surface area contributed by atoms with E-state index in [2.05, 4.69) is 30.7 Å². The van der Waals surface area contributed by atoms with E-state index in [1.54, 1.807) is 0 Å². The Morgan fingerprint density at radius 1 is 1.50 bits per heavy atom. The van der Waals surface area contributed by atoms with Gasteiger partial charge >= 0.3 is 0 Å². The van der Waals surface area contributed by atoms with E-state index < -0.39 is 0 Å². The Morgan fingerprint density at radius 2 is 2.40 bits per heavy atom. The lowest BCUT2D eigenvalue weighted by Gasteiger charge is -1.95. The predicted molar refractivity (Wildman–Crippen MR) is 47.6 cm³/mol. The first-order chi connectivity index (χ1) is 4.93. The molecule has 0 aliphatic rings. The van der Waals surface area contributed by atoms with Crippen molar-refractivity contribution in [1.82, 2.24) is 0 Å². The number of hydrogen-bond acceptors (Lipinski definition) is 0. The molecule has 0 aliphatic heterocycles. The highest BCUT2D eigenvalue weighted by Crippen LogP contribution is 2.10. The number of aryl methyl sites for hydroxylation is 1. The minimum Gasteiger partial charge on any atom is -0.0762 e. The number of rotatable bonds is 3. The summed E-state index contributed by atoms with van der Waals surface area (Å²) in [4.78, 5) is 0. The van der Waals surface area contributed by atoms with E-state index in [1.807, 2.05) is 0 Å². The van der Waals surface area contributed by atoms with Crippen LogP contribution in [0, 0.1) is 0 Å². The van der Waals surface area contributed by atoms with Crippen LogP contribution < -0.4 is 0 Å². The molecule has 0 saturated carbocycles. The molecule has 0 aromatic carbocycles. The molecule has 0 nitrogen and oxygen atoms in total. The highest BCUT2D eigenvalue weighted by atomic mass is 31.0. The molecular weight excluding hydrogens is 139 g/mol. The van der Waals surface area contributed by atoms with Crippen molar-refractivity contribution in [3.05, 3.63) is 29.3 Å². The second kappa shape index (κ2) is 4.46. The first kappa shape index (κ1) is 7.75. The van der Waals surface area contributed by atoms with Gasteiger partial charge in [-0.3, -0.25) is 0 Å². The van der Waals surface area contributed by atoms with Crippen LogP contribution in [-0.4, -0.2) is 0 Å². The maximum Gasteiger partial charge on any atom is -0.0276 e. The lowest BCUT2D eigenvalue weighted by atomic mass is 10.1. The third kappa shape index (κ3) is 2.49. The molecule has 0 spiro atoms. The first-order valence-electron chi connectivity index (χ1n) is 3.82. The van der Waals surface area contributed by atoms with Crippen molar-refractivity contribution in [2.24, 2.45) is 0 Å². The molecule has 1 rings (SSSR count). The maximum absolute atomic E-state index is 2.29. The van der Waals surface area contributed by atoms with Gasteiger partial charge in [0.1, 0.15) is 0 Å². The lowest BCUT2D eigenvalue weighted by molar-refractivity contribution is 0.796. The SMILES string of the molecule is CCCCc1cccpc1. The standard InChI is InChI=1S/C9H13P/c1-2-3-5-9-6-4-7-10-8-9/h4,6-8H,2-3,5H2,1H3. The van der Waals surface area contributed by atoms with Crippen LogP contribution in [0.25, 0.3) is 0 Å². The van der Waals surface area contributed by atoms with Gasteiger partial charge in [-0.25, -0.2) is 0 Å². The summed E-state index contributed by atoms with van der Waals surface area (Å²) >= 11 is 0. The largest absolute Gasteiger partial charge is 0.0762 e. The Bertz CT molecular complexity index is 169. The van der Waals surface area contributed by atoms with E-state index in [9.17, 15) is 0 Å². The molecule has 0 fully saturated rings. The third-order valence-corrected chi connectivity index (χ3v) is 2.37. The molecule has 0 saturated heterocycles. The van der Waals surface area contributed by atoms with E-state index in [1.165, 1.54) is 33.0 Å².